The van der Waals surface area contributed by atoms with Crippen LogP contribution >= 0.6 is 0 Å². The van der Waals surface area contributed by atoms with Crippen molar-refractivity contribution in [1.29, 1.82) is 0 Å². The van der Waals surface area contributed by atoms with E-state index in [9.17, 15) is 4.79 Å². The van der Waals surface area contributed by atoms with Gasteiger partial charge in [-0.2, -0.15) is 0 Å². The van der Waals surface area contributed by atoms with Crippen molar-refractivity contribution >= 4 is 5.91 Å². The summed E-state index contributed by atoms with van der Waals surface area (Å²) in [5.41, 5.74) is 0.817. The van der Waals surface area contributed by atoms with Crippen molar-refractivity contribution in [2.75, 3.05) is 20.3 Å². The molecule has 7 heteroatoms. The maximum absolute atomic E-state index is 12.2. The third-order valence-corrected chi connectivity index (χ3v) is 4.26. The lowest BCUT2D eigenvalue weighted by Crippen LogP contribution is -2.33. The van der Waals surface area contributed by atoms with Crippen LogP contribution in [0.5, 0.6) is 0 Å². The lowest BCUT2D eigenvalue weighted by atomic mass is 10.1. The SMILES string of the molecule is COCC(=O)N1CCCC1c1cncc(-n2ccnc2C(C)C)n1. The van der Waals surface area contributed by atoms with Crippen molar-refractivity contribution in [2.24, 2.45) is 0 Å². The molecule has 1 amide bonds. The highest BCUT2D eigenvalue weighted by Gasteiger charge is 2.31. The fourth-order valence-electron chi connectivity index (χ4n) is 3.16. The number of ether oxygens (including phenoxy) is 1. The van der Waals surface area contributed by atoms with E-state index < -0.39 is 0 Å². The van der Waals surface area contributed by atoms with Crippen LogP contribution in [0.4, 0.5) is 0 Å². The Morgan fingerprint density at radius 3 is 3.00 bits per heavy atom. The second-order valence-electron chi connectivity index (χ2n) is 6.29. The van der Waals surface area contributed by atoms with Crippen LogP contribution in [-0.2, 0) is 9.53 Å². The lowest BCUT2D eigenvalue weighted by Gasteiger charge is -2.24. The average molecular weight is 329 g/mol. The summed E-state index contributed by atoms with van der Waals surface area (Å²) < 4.78 is 6.94. The molecular weight excluding hydrogens is 306 g/mol. The molecule has 1 atom stereocenters. The molecule has 0 bridgehead atoms. The second kappa shape index (κ2) is 7.09. The van der Waals surface area contributed by atoms with Gasteiger partial charge in [-0.05, 0) is 12.8 Å². The van der Waals surface area contributed by atoms with Crippen LogP contribution < -0.4 is 0 Å². The lowest BCUT2D eigenvalue weighted by molar-refractivity contribution is -0.136. The minimum Gasteiger partial charge on any atom is -0.375 e. The van der Waals surface area contributed by atoms with Crippen LogP contribution in [0.1, 0.15) is 50.2 Å². The predicted molar refractivity (Wildman–Crippen MR) is 88.8 cm³/mol. The van der Waals surface area contributed by atoms with Crippen LogP contribution in [0.2, 0.25) is 0 Å². The average Bonchev–Trinajstić information content (AvgIpc) is 3.24. The van der Waals surface area contributed by atoms with Gasteiger partial charge in [0.2, 0.25) is 5.91 Å². The summed E-state index contributed by atoms with van der Waals surface area (Å²) in [7, 11) is 1.54. The Balaban J connectivity index is 1.90. The molecule has 1 saturated heterocycles. The molecular formula is C17H23N5O2. The molecule has 0 N–H and O–H groups in total. The van der Waals surface area contributed by atoms with E-state index in [0.29, 0.717) is 0 Å². The van der Waals surface area contributed by atoms with Gasteiger partial charge in [0.25, 0.3) is 0 Å². The quantitative estimate of drug-likeness (QED) is 0.840. The highest BCUT2D eigenvalue weighted by atomic mass is 16.5. The second-order valence-corrected chi connectivity index (χ2v) is 6.29. The van der Waals surface area contributed by atoms with Crippen LogP contribution in [-0.4, -0.2) is 50.6 Å². The Labute approximate surface area is 141 Å². The standard InChI is InChI=1S/C17H23N5O2/c1-12(2)17-19-6-8-22(17)15-10-18-9-13(20-15)14-5-4-7-21(14)16(23)11-24-3/h6,8-10,12,14H,4-5,7,11H2,1-3H3. The number of carbonyl (C=O) groups is 1. The zero-order chi connectivity index (χ0) is 17.1. The molecule has 3 heterocycles. The number of nitrogens with zero attached hydrogens (tertiary/aromatic N) is 5. The first-order valence-corrected chi connectivity index (χ1v) is 8.25. The maximum Gasteiger partial charge on any atom is 0.249 e. The number of rotatable bonds is 5. The molecule has 128 valence electrons. The van der Waals surface area contributed by atoms with Crippen molar-refractivity contribution in [3.63, 3.8) is 0 Å². The Morgan fingerprint density at radius 2 is 2.25 bits per heavy atom. The predicted octanol–water partition coefficient (Wildman–Crippen LogP) is 2.10. The van der Waals surface area contributed by atoms with Crippen molar-refractivity contribution in [3.8, 4) is 5.82 Å². The van der Waals surface area contributed by atoms with Crippen molar-refractivity contribution < 1.29 is 9.53 Å². The molecule has 7 nitrogen and oxygen atoms in total. The van der Waals surface area contributed by atoms with Gasteiger partial charge in [-0.1, -0.05) is 13.8 Å². The van der Waals surface area contributed by atoms with Crippen LogP contribution in [0.3, 0.4) is 0 Å². The molecule has 3 rings (SSSR count). The molecule has 0 saturated carbocycles. The number of hydrogen-bond acceptors (Lipinski definition) is 5. The van der Waals surface area contributed by atoms with Gasteiger partial charge in [0.15, 0.2) is 5.82 Å². The minimum atomic E-state index is -0.0360. The van der Waals surface area contributed by atoms with Gasteiger partial charge in [-0.3, -0.25) is 14.3 Å². The van der Waals surface area contributed by atoms with Crippen molar-refractivity contribution in [1.82, 2.24) is 24.4 Å². The summed E-state index contributed by atoms with van der Waals surface area (Å²) in [6, 6.07) is -0.0360. The maximum atomic E-state index is 12.2. The van der Waals surface area contributed by atoms with E-state index in [-0.39, 0.29) is 24.5 Å². The summed E-state index contributed by atoms with van der Waals surface area (Å²) >= 11 is 0. The minimum absolute atomic E-state index is 0.00213. The van der Waals surface area contributed by atoms with Gasteiger partial charge in [0, 0.05) is 32.0 Å². The van der Waals surface area contributed by atoms with Crippen LogP contribution in [0.15, 0.2) is 24.8 Å². The summed E-state index contributed by atoms with van der Waals surface area (Å²) in [6.45, 7) is 5.03. The monoisotopic (exact) mass is 329 g/mol. The normalized spacial score (nSPS) is 17.7. The fraction of sp³-hybridized carbons (Fsp3) is 0.529. The smallest absolute Gasteiger partial charge is 0.249 e. The summed E-state index contributed by atoms with van der Waals surface area (Å²) in [5, 5.41) is 0. The Bertz CT molecular complexity index is 713. The molecule has 0 spiro atoms. The van der Waals surface area contributed by atoms with Gasteiger partial charge < -0.3 is 9.64 Å². The molecule has 1 aliphatic heterocycles. The van der Waals surface area contributed by atoms with E-state index >= 15 is 0 Å². The molecule has 0 aromatic carbocycles. The van der Waals surface area contributed by atoms with E-state index in [1.165, 1.54) is 7.11 Å². The van der Waals surface area contributed by atoms with E-state index in [2.05, 4.69) is 23.8 Å². The Hall–Kier alpha value is -2.28. The number of amides is 1. The molecule has 2 aromatic rings. The summed E-state index contributed by atoms with van der Waals surface area (Å²) in [5.74, 6) is 1.97. The summed E-state index contributed by atoms with van der Waals surface area (Å²) in [4.78, 5) is 27.6. The third-order valence-electron chi connectivity index (χ3n) is 4.26. The van der Waals surface area contributed by atoms with Gasteiger partial charge in [0.1, 0.15) is 12.4 Å². The molecule has 1 unspecified atom stereocenters. The first kappa shape index (κ1) is 16.6. The van der Waals surface area contributed by atoms with E-state index in [1.807, 2.05) is 15.7 Å². The van der Waals surface area contributed by atoms with Crippen LogP contribution in [0, 0.1) is 0 Å². The highest BCUT2D eigenvalue weighted by molar-refractivity contribution is 5.78. The largest absolute Gasteiger partial charge is 0.375 e. The number of likely N-dealkylation sites (tertiary alicyclic amines) is 1. The van der Waals surface area contributed by atoms with Gasteiger partial charge in [0.05, 0.1) is 24.1 Å². The molecule has 2 aromatic heterocycles. The fourth-order valence-corrected chi connectivity index (χ4v) is 3.16. The molecule has 1 aliphatic rings. The van der Waals surface area contributed by atoms with E-state index in [4.69, 9.17) is 9.72 Å². The van der Waals surface area contributed by atoms with Crippen LogP contribution in [0.25, 0.3) is 5.82 Å². The highest BCUT2D eigenvalue weighted by Crippen LogP contribution is 2.31. The molecule has 24 heavy (non-hydrogen) atoms. The Kier molecular flexibility index (Phi) is 4.89. The molecule has 1 fully saturated rings. The van der Waals surface area contributed by atoms with E-state index in [0.717, 1.165) is 36.7 Å². The summed E-state index contributed by atoms with van der Waals surface area (Å²) in [6.07, 6.45) is 9.01. The van der Waals surface area contributed by atoms with Gasteiger partial charge in [-0.15, -0.1) is 0 Å². The van der Waals surface area contributed by atoms with Gasteiger partial charge >= 0.3 is 0 Å². The molecule has 0 aliphatic carbocycles. The van der Waals surface area contributed by atoms with Crippen molar-refractivity contribution in [2.45, 2.75) is 38.6 Å². The number of carbonyl (C=O) groups excluding carboxylic acids is 1. The first-order valence-electron chi connectivity index (χ1n) is 8.25. The zero-order valence-electron chi connectivity index (χ0n) is 14.3. The first-order chi connectivity index (χ1) is 11.6. The van der Waals surface area contributed by atoms with Crippen molar-refractivity contribution in [3.05, 3.63) is 36.3 Å². The third kappa shape index (κ3) is 3.17. The topological polar surface area (TPSA) is 73.1 Å². The molecule has 0 radical (unpaired) electrons. The van der Waals surface area contributed by atoms with E-state index in [1.54, 1.807) is 18.6 Å². The number of hydrogen-bond donors (Lipinski definition) is 0. The van der Waals surface area contributed by atoms with Gasteiger partial charge in [-0.25, -0.2) is 9.97 Å². The number of aromatic nitrogens is 4. The number of imidazole rings is 1. The number of methoxy groups -OCH3 is 1. The zero-order valence-corrected chi connectivity index (χ0v) is 14.3. The Morgan fingerprint density at radius 1 is 1.42 bits per heavy atom.